The van der Waals surface area contributed by atoms with Gasteiger partial charge in [0, 0.05) is 31.7 Å². The molecule has 0 radical (unpaired) electrons. The van der Waals surface area contributed by atoms with Crippen molar-refractivity contribution in [2.45, 2.75) is 44.8 Å². The number of hydrogen-bond donors (Lipinski definition) is 0. The lowest BCUT2D eigenvalue weighted by Gasteiger charge is -2.34. The fourth-order valence-electron chi connectivity index (χ4n) is 3.08. The zero-order valence-electron chi connectivity index (χ0n) is 15.9. The Bertz CT molecular complexity index is 748. The minimum Gasteiger partial charge on any atom is -0.373 e. The first kappa shape index (κ1) is 20.6. The summed E-state index contributed by atoms with van der Waals surface area (Å²) >= 11 is 0. The fourth-order valence-corrected chi connectivity index (χ4v) is 4.67. The molecular formula is C19H28N2O4S. The molecule has 1 aromatic carbocycles. The standard InChI is InChI=1S/C19H28N2O4S/c1-6-20(11-14(2)3)19(22)17-7-9-18(10-8-17)26(23,24)21-12-15(4)25-16(5)13-21/h7-10,15-16H,2,6,11-13H2,1,3-5H3. The highest BCUT2D eigenvalue weighted by Gasteiger charge is 2.32. The summed E-state index contributed by atoms with van der Waals surface area (Å²) in [7, 11) is -3.60. The highest BCUT2D eigenvalue weighted by molar-refractivity contribution is 7.89. The van der Waals surface area contributed by atoms with Crippen LogP contribution in [0.4, 0.5) is 0 Å². The quantitative estimate of drug-likeness (QED) is 0.711. The van der Waals surface area contributed by atoms with E-state index in [4.69, 9.17) is 4.74 Å². The Hall–Kier alpha value is -1.70. The van der Waals surface area contributed by atoms with Crippen LogP contribution in [0.1, 0.15) is 38.1 Å². The average molecular weight is 381 g/mol. The number of sulfonamides is 1. The Kier molecular flexibility index (Phi) is 6.60. The Morgan fingerprint density at radius 3 is 2.23 bits per heavy atom. The molecular weight excluding hydrogens is 352 g/mol. The first-order valence-corrected chi connectivity index (χ1v) is 10.3. The van der Waals surface area contributed by atoms with E-state index in [1.807, 2.05) is 27.7 Å². The number of nitrogens with zero attached hydrogens (tertiary/aromatic N) is 2. The van der Waals surface area contributed by atoms with Crippen molar-refractivity contribution in [3.8, 4) is 0 Å². The van der Waals surface area contributed by atoms with Crippen molar-refractivity contribution >= 4 is 15.9 Å². The van der Waals surface area contributed by atoms with Gasteiger partial charge in [-0.15, -0.1) is 0 Å². The molecule has 1 aliphatic rings. The van der Waals surface area contributed by atoms with Crippen LogP contribution in [0, 0.1) is 0 Å². The first-order valence-electron chi connectivity index (χ1n) is 8.84. The summed E-state index contributed by atoms with van der Waals surface area (Å²) in [5.74, 6) is -0.131. The molecule has 0 spiro atoms. The number of benzene rings is 1. The third-order valence-corrected chi connectivity index (χ3v) is 6.10. The minimum absolute atomic E-state index is 0.131. The second kappa shape index (κ2) is 8.33. The smallest absolute Gasteiger partial charge is 0.254 e. The summed E-state index contributed by atoms with van der Waals surface area (Å²) in [5, 5.41) is 0. The van der Waals surface area contributed by atoms with Gasteiger partial charge < -0.3 is 9.64 Å². The van der Waals surface area contributed by atoms with Crippen molar-refractivity contribution in [3.63, 3.8) is 0 Å². The lowest BCUT2D eigenvalue weighted by molar-refractivity contribution is -0.0440. The molecule has 2 atom stereocenters. The number of morpholine rings is 1. The minimum atomic E-state index is -3.60. The van der Waals surface area contributed by atoms with Gasteiger partial charge in [-0.1, -0.05) is 12.2 Å². The predicted molar refractivity (Wildman–Crippen MR) is 102 cm³/mol. The molecule has 0 aliphatic carbocycles. The topological polar surface area (TPSA) is 66.9 Å². The van der Waals surface area contributed by atoms with Gasteiger partial charge in [-0.05, 0) is 52.0 Å². The molecule has 0 aromatic heterocycles. The van der Waals surface area contributed by atoms with E-state index < -0.39 is 10.0 Å². The molecule has 1 aliphatic heterocycles. The number of hydrogen-bond acceptors (Lipinski definition) is 4. The van der Waals surface area contributed by atoms with Crippen LogP contribution < -0.4 is 0 Å². The maximum Gasteiger partial charge on any atom is 0.254 e. The SMILES string of the molecule is C=C(C)CN(CC)C(=O)c1ccc(S(=O)(=O)N2CC(C)OC(C)C2)cc1. The highest BCUT2D eigenvalue weighted by Crippen LogP contribution is 2.22. The van der Waals surface area contributed by atoms with Crippen LogP contribution in [-0.2, 0) is 14.8 Å². The predicted octanol–water partition coefficient (Wildman–Crippen LogP) is 2.52. The van der Waals surface area contributed by atoms with Gasteiger partial charge in [0.25, 0.3) is 5.91 Å². The number of carbonyl (C=O) groups excluding carboxylic acids is 1. The number of amides is 1. The molecule has 144 valence electrons. The van der Waals surface area contributed by atoms with Crippen LogP contribution in [0.5, 0.6) is 0 Å². The van der Waals surface area contributed by atoms with Gasteiger partial charge in [0.15, 0.2) is 0 Å². The number of ether oxygens (including phenoxy) is 1. The third kappa shape index (κ3) is 4.72. The van der Waals surface area contributed by atoms with E-state index in [1.165, 1.54) is 16.4 Å². The summed E-state index contributed by atoms with van der Waals surface area (Å²) in [5.41, 5.74) is 1.37. The van der Waals surface area contributed by atoms with Crippen molar-refractivity contribution in [2.75, 3.05) is 26.2 Å². The summed E-state index contributed by atoms with van der Waals surface area (Å²) in [4.78, 5) is 14.4. The molecule has 2 rings (SSSR count). The lowest BCUT2D eigenvalue weighted by atomic mass is 10.2. The molecule has 0 bridgehead atoms. The van der Waals surface area contributed by atoms with E-state index in [-0.39, 0.29) is 23.0 Å². The first-order chi connectivity index (χ1) is 12.1. The van der Waals surface area contributed by atoms with Gasteiger partial charge in [-0.3, -0.25) is 4.79 Å². The second-order valence-corrected chi connectivity index (χ2v) is 8.82. The zero-order valence-corrected chi connectivity index (χ0v) is 16.8. The molecule has 1 saturated heterocycles. The van der Waals surface area contributed by atoms with E-state index in [0.29, 0.717) is 31.7 Å². The lowest BCUT2D eigenvalue weighted by Crippen LogP contribution is -2.48. The number of likely N-dealkylation sites (N-methyl/N-ethyl adjacent to an activating group) is 1. The normalized spacial score (nSPS) is 21.4. The molecule has 0 saturated carbocycles. The van der Waals surface area contributed by atoms with Gasteiger partial charge in [0.05, 0.1) is 17.1 Å². The number of rotatable bonds is 6. The maximum absolute atomic E-state index is 12.9. The second-order valence-electron chi connectivity index (χ2n) is 6.88. The molecule has 1 amide bonds. The summed E-state index contributed by atoms with van der Waals surface area (Å²) < 4.78 is 32.8. The van der Waals surface area contributed by atoms with Crippen LogP contribution in [0.15, 0.2) is 41.3 Å². The van der Waals surface area contributed by atoms with Gasteiger partial charge in [-0.2, -0.15) is 4.31 Å². The molecule has 0 N–H and O–H groups in total. The molecule has 26 heavy (non-hydrogen) atoms. The fraction of sp³-hybridized carbons (Fsp3) is 0.526. The van der Waals surface area contributed by atoms with Crippen LogP contribution in [-0.4, -0.2) is 61.9 Å². The van der Waals surface area contributed by atoms with Gasteiger partial charge >= 0.3 is 0 Å². The Morgan fingerprint density at radius 1 is 1.23 bits per heavy atom. The summed E-state index contributed by atoms with van der Waals surface area (Å²) in [6.07, 6.45) is -0.288. The van der Waals surface area contributed by atoms with Crippen LogP contribution in [0.3, 0.4) is 0 Å². The van der Waals surface area contributed by atoms with Crippen molar-refractivity contribution in [1.29, 1.82) is 0 Å². The molecule has 2 unspecified atom stereocenters. The van der Waals surface area contributed by atoms with Crippen LogP contribution in [0.25, 0.3) is 0 Å². The van der Waals surface area contributed by atoms with E-state index in [1.54, 1.807) is 17.0 Å². The van der Waals surface area contributed by atoms with E-state index >= 15 is 0 Å². The molecule has 1 aromatic rings. The van der Waals surface area contributed by atoms with Gasteiger partial charge in [0.2, 0.25) is 10.0 Å². The van der Waals surface area contributed by atoms with Crippen LogP contribution in [0.2, 0.25) is 0 Å². The molecule has 1 fully saturated rings. The molecule has 6 nitrogen and oxygen atoms in total. The van der Waals surface area contributed by atoms with Crippen molar-refractivity contribution in [1.82, 2.24) is 9.21 Å². The van der Waals surface area contributed by atoms with Gasteiger partial charge in [-0.25, -0.2) is 8.42 Å². The Labute approximate surface area is 156 Å². The Balaban J connectivity index is 2.20. The summed E-state index contributed by atoms with van der Waals surface area (Å²) in [6, 6.07) is 6.15. The van der Waals surface area contributed by atoms with Crippen molar-refractivity contribution in [2.24, 2.45) is 0 Å². The largest absolute Gasteiger partial charge is 0.373 e. The Morgan fingerprint density at radius 2 is 1.77 bits per heavy atom. The molecule has 1 heterocycles. The van der Waals surface area contributed by atoms with Crippen molar-refractivity contribution < 1.29 is 17.9 Å². The van der Waals surface area contributed by atoms with Crippen molar-refractivity contribution in [3.05, 3.63) is 42.0 Å². The maximum atomic E-state index is 12.9. The monoisotopic (exact) mass is 380 g/mol. The number of carbonyl (C=O) groups is 1. The highest BCUT2D eigenvalue weighted by atomic mass is 32.2. The zero-order chi connectivity index (χ0) is 19.5. The van der Waals surface area contributed by atoms with Gasteiger partial charge in [0.1, 0.15) is 0 Å². The third-order valence-electron chi connectivity index (χ3n) is 4.25. The van der Waals surface area contributed by atoms with Crippen LogP contribution >= 0.6 is 0 Å². The molecule has 7 heteroatoms. The average Bonchev–Trinajstić information content (AvgIpc) is 2.58. The van der Waals surface area contributed by atoms with E-state index in [2.05, 4.69) is 6.58 Å². The van der Waals surface area contributed by atoms with E-state index in [0.717, 1.165) is 5.57 Å². The van der Waals surface area contributed by atoms with E-state index in [9.17, 15) is 13.2 Å². The summed E-state index contributed by atoms with van der Waals surface area (Å²) in [6.45, 7) is 13.0.